The van der Waals surface area contributed by atoms with Gasteiger partial charge in [-0.15, -0.1) is 0 Å². The molecule has 0 aromatic rings. The van der Waals surface area contributed by atoms with Crippen LogP contribution < -0.4 is 0 Å². The molecule has 0 N–H and O–H groups in total. The van der Waals surface area contributed by atoms with Gasteiger partial charge in [-0.2, -0.15) is 5.26 Å². The van der Waals surface area contributed by atoms with Crippen molar-refractivity contribution in [1.82, 2.24) is 0 Å². The number of hydrogen-bond acceptors (Lipinski definition) is 2. The quantitative estimate of drug-likeness (QED) is 0.338. The standard InChI is InChI=1S/C8H11NO/c1-4-10-8(3)5-7(2)6-9/h5H,3-4H2,1-2H3/b7-5+. The van der Waals surface area contributed by atoms with Gasteiger partial charge in [0.05, 0.1) is 12.7 Å². The molecule has 54 valence electrons. The highest BCUT2D eigenvalue weighted by Crippen LogP contribution is 1.99. The van der Waals surface area contributed by atoms with Crippen molar-refractivity contribution < 1.29 is 4.74 Å². The third-order valence-corrected chi connectivity index (χ3v) is 0.884. The van der Waals surface area contributed by atoms with Crippen molar-refractivity contribution in [2.45, 2.75) is 13.8 Å². The van der Waals surface area contributed by atoms with E-state index in [1.807, 2.05) is 13.0 Å². The molecule has 0 heterocycles. The van der Waals surface area contributed by atoms with E-state index in [0.717, 1.165) is 0 Å². The van der Waals surface area contributed by atoms with Gasteiger partial charge in [-0.1, -0.05) is 6.58 Å². The second kappa shape index (κ2) is 4.63. The van der Waals surface area contributed by atoms with Gasteiger partial charge >= 0.3 is 0 Å². The molecule has 0 spiro atoms. The molecule has 10 heavy (non-hydrogen) atoms. The van der Waals surface area contributed by atoms with Gasteiger partial charge in [0.15, 0.2) is 0 Å². The maximum Gasteiger partial charge on any atom is 0.113 e. The first-order chi connectivity index (χ1) is 4.70. The number of rotatable bonds is 3. The van der Waals surface area contributed by atoms with Gasteiger partial charge in [0.2, 0.25) is 0 Å². The zero-order valence-corrected chi connectivity index (χ0v) is 6.35. The number of ether oxygens (including phenoxy) is 1. The molecule has 0 saturated heterocycles. The first-order valence-electron chi connectivity index (χ1n) is 3.10. The Morgan fingerprint density at radius 2 is 2.40 bits per heavy atom. The Labute approximate surface area is 61.4 Å². The van der Waals surface area contributed by atoms with Gasteiger partial charge in [0, 0.05) is 5.57 Å². The van der Waals surface area contributed by atoms with E-state index in [-0.39, 0.29) is 0 Å². The molecule has 2 heteroatoms. The smallest absolute Gasteiger partial charge is 0.113 e. The lowest BCUT2D eigenvalue weighted by atomic mass is 10.3. The largest absolute Gasteiger partial charge is 0.494 e. The van der Waals surface area contributed by atoms with Crippen molar-refractivity contribution in [2.24, 2.45) is 0 Å². The van der Waals surface area contributed by atoms with Gasteiger partial charge in [-0.3, -0.25) is 0 Å². The molecule has 0 bridgehead atoms. The van der Waals surface area contributed by atoms with Gasteiger partial charge < -0.3 is 4.74 Å². The summed E-state index contributed by atoms with van der Waals surface area (Å²) >= 11 is 0. The van der Waals surface area contributed by atoms with Crippen molar-refractivity contribution in [1.29, 1.82) is 5.26 Å². The lowest BCUT2D eigenvalue weighted by Crippen LogP contribution is -1.86. The third kappa shape index (κ3) is 3.73. The first-order valence-corrected chi connectivity index (χ1v) is 3.10. The molecule has 0 aromatic heterocycles. The summed E-state index contributed by atoms with van der Waals surface area (Å²) in [6.45, 7) is 7.76. The van der Waals surface area contributed by atoms with E-state index in [0.29, 0.717) is 17.9 Å². The van der Waals surface area contributed by atoms with Crippen LogP contribution in [0.3, 0.4) is 0 Å². The summed E-state index contributed by atoms with van der Waals surface area (Å²) in [7, 11) is 0. The minimum atomic E-state index is 0.543. The van der Waals surface area contributed by atoms with Crippen LogP contribution in [0.25, 0.3) is 0 Å². The Morgan fingerprint density at radius 3 is 2.80 bits per heavy atom. The average molecular weight is 137 g/mol. The van der Waals surface area contributed by atoms with Crippen LogP contribution in [-0.2, 0) is 4.74 Å². The molecule has 0 rings (SSSR count). The summed E-state index contributed by atoms with van der Waals surface area (Å²) in [5.41, 5.74) is 0.610. The maximum absolute atomic E-state index is 8.34. The van der Waals surface area contributed by atoms with Crippen LogP contribution in [0.2, 0.25) is 0 Å². The first kappa shape index (κ1) is 8.77. The summed E-state index contributed by atoms with van der Waals surface area (Å²) in [4.78, 5) is 0. The summed E-state index contributed by atoms with van der Waals surface area (Å²) in [5.74, 6) is 0.543. The SMILES string of the molecule is C=C(/C=C(\C)C#N)OCC. The molecule has 0 saturated carbocycles. The van der Waals surface area contributed by atoms with Crippen molar-refractivity contribution in [2.75, 3.05) is 6.61 Å². The van der Waals surface area contributed by atoms with Crippen LogP contribution in [-0.4, -0.2) is 6.61 Å². The molecule has 0 radical (unpaired) electrons. The molecule has 0 aliphatic carbocycles. The van der Waals surface area contributed by atoms with Gasteiger partial charge in [0.25, 0.3) is 0 Å². The fourth-order valence-corrected chi connectivity index (χ4v) is 0.501. The number of allylic oxidation sites excluding steroid dienone is 2. The summed E-state index contributed by atoms with van der Waals surface area (Å²) in [6, 6.07) is 1.97. The Morgan fingerprint density at radius 1 is 1.80 bits per heavy atom. The fourth-order valence-electron chi connectivity index (χ4n) is 0.501. The monoisotopic (exact) mass is 137 g/mol. The topological polar surface area (TPSA) is 33.0 Å². The van der Waals surface area contributed by atoms with E-state index in [4.69, 9.17) is 10.00 Å². The summed E-state index contributed by atoms with van der Waals surface area (Å²) < 4.78 is 4.99. The van der Waals surface area contributed by atoms with Crippen LogP contribution in [0.1, 0.15) is 13.8 Å². The normalized spacial score (nSPS) is 10.3. The van der Waals surface area contributed by atoms with E-state index in [1.165, 1.54) is 0 Å². The highest BCUT2D eigenvalue weighted by molar-refractivity contribution is 5.25. The van der Waals surface area contributed by atoms with Crippen molar-refractivity contribution >= 4 is 0 Å². The summed E-state index contributed by atoms with van der Waals surface area (Å²) in [5, 5.41) is 8.34. The van der Waals surface area contributed by atoms with Crippen molar-refractivity contribution in [3.63, 3.8) is 0 Å². The van der Waals surface area contributed by atoms with Crippen LogP contribution in [0.4, 0.5) is 0 Å². The van der Waals surface area contributed by atoms with E-state index >= 15 is 0 Å². The second-order valence-corrected chi connectivity index (χ2v) is 1.84. The lowest BCUT2D eigenvalue weighted by molar-refractivity contribution is 0.244. The molecule has 0 aliphatic rings. The average Bonchev–Trinajstić information content (AvgIpc) is 1.88. The minimum absolute atomic E-state index is 0.543. The molecular formula is C8H11NO. The van der Waals surface area contributed by atoms with Crippen LogP contribution in [0.15, 0.2) is 24.0 Å². The number of hydrogen-bond donors (Lipinski definition) is 0. The molecule has 0 aliphatic heterocycles. The van der Waals surface area contributed by atoms with Crippen LogP contribution in [0.5, 0.6) is 0 Å². The van der Waals surface area contributed by atoms with E-state index in [2.05, 4.69) is 6.58 Å². The maximum atomic E-state index is 8.34. The third-order valence-electron chi connectivity index (χ3n) is 0.884. The Bertz CT molecular complexity index is 186. The molecule has 2 nitrogen and oxygen atoms in total. The minimum Gasteiger partial charge on any atom is -0.494 e. The molecule has 0 atom stereocenters. The predicted octanol–water partition coefficient (Wildman–Crippen LogP) is 2.01. The zero-order chi connectivity index (χ0) is 7.98. The second-order valence-electron chi connectivity index (χ2n) is 1.84. The van der Waals surface area contributed by atoms with Gasteiger partial charge in [-0.25, -0.2) is 0 Å². The highest BCUT2D eigenvalue weighted by Gasteiger charge is 1.88. The number of nitriles is 1. The zero-order valence-electron chi connectivity index (χ0n) is 6.35. The van der Waals surface area contributed by atoms with Gasteiger partial charge in [0.1, 0.15) is 5.76 Å². The van der Waals surface area contributed by atoms with E-state index < -0.39 is 0 Å². The molecular weight excluding hydrogens is 126 g/mol. The van der Waals surface area contributed by atoms with E-state index in [1.54, 1.807) is 13.0 Å². The van der Waals surface area contributed by atoms with Gasteiger partial charge in [-0.05, 0) is 19.9 Å². The van der Waals surface area contributed by atoms with Crippen molar-refractivity contribution in [3.8, 4) is 6.07 Å². The fraction of sp³-hybridized carbons (Fsp3) is 0.375. The van der Waals surface area contributed by atoms with Crippen molar-refractivity contribution in [3.05, 3.63) is 24.0 Å². The Balaban J connectivity index is 3.90. The lowest BCUT2D eigenvalue weighted by Gasteiger charge is -1.99. The Kier molecular flexibility index (Phi) is 4.06. The van der Waals surface area contributed by atoms with E-state index in [9.17, 15) is 0 Å². The molecule has 0 aromatic carbocycles. The predicted molar refractivity (Wildman–Crippen MR) is 40.1 cm³/mol. The molecule has 0 fully saturated rings. The summed E-state index contributed by atoms with van der Waals surface area (Å²) in [6.07, 6.45) is 1.61. The Hall–Kier alpha value is -1.23. The number of nitrogens with zero attached hydrogens (tertiary/aromatic N) is 1. The molecule has 0 unspecified atom stereocenters. The highest BCUT2D eigenvalue weighted by atomic mass is 16.5. The van der Waals surface area contributed by atoms with Crippen LogP contribution in [0, 0.1) is 11.3 Å². The van der Waals surface area contributed by atoms with Crippen LogP contribution >= 0.6 is 0 Å². The molecule has 0 amide bonds.